The van der Waals surface area contributed by atoms with E-state index >= 15 is 0 Å². The maximum absolute atomic E-state index is 10.9. The molecule has 88 valence electrons. The lowest BCUT2D eigenvalue weighted by Gasteiger charge is -2.03. The summed E-state index contributed by atoms with van der Waals surface area (Å²) in [5.41, 5.74) is 6.67. The molecule has 0 saturated carbocycles. The number of carbonyl (C=O) groups excluding carboxylic acids is 1. The number of nitrogens with two attached hydrogens (primary N) is 1. The molecule has 0 spiro atoms. The zero-order valence-corrected chi connectivity index (χ0v) is 11.2. The molecule has 0 radical (unpaired) electrons. The van der Waals surface area contributed by atoms with Gasteiger partial charge in [-0.2, -0.15) is 0 Å². The zero-order valence-electron chi connectivity index (χ0n) is 8.81. The predicted molar refractivity (Wildman–Crippen MR) is 72.1 cm³/mol. The van der Waals surface area contributed by atoms with Crippen LogP contribution in [0.1, 0.15) is 15.2 Å². The molecule has 0 aliphatic carbocycles. The first kappa shape index (κ1) is 12.1. The number of rotatable bonds is 4. The highest BCUT2D eigenvalue weighted by atomic mass is 79.9. The van der Waals surface area contributed by atoms with E-state index in [9.17, 15) is 4.79 Å². The summed E-state index contributed by atoms with van der Waals surface area (Å²) >= 11 is 4.78. The SMILES string of the molecule is NC(=O)c1csc(CNc2ccc(Br)nc2)c1. The summed E-state index contributed by atoms with van der Waals surface area (Å²) in [6, 6.07) is 5.59. The van der Waals surface area contributed by atoms with Crippen LogP contribution >= 0.6 is 27.3 Å². The summed E-state index contributed by atoms with van der Waals surface area (Å²) < 4.78 is 0.801. The number of nitrogens with zero attached hydrogens (tertiary/aromatic N) is 1. The van der Waals surface area contributed by atoms with Gasteiger partial charge < -0.3 is 11.1 Å². The third-order valence-electron chi connectivity index (χ3n) is 2.13. The highest BCUT2D eigenvalue weighted by Crippen LogP contribution is 2.17. The van der Waals surface area contributed by atoms with E-state index in [2.05, 4.69) is 26.2 Å². The number of halogens is 1. The number of primary amides is 1. The molecular weight excluding hydrogens is 302 g/mol. The average Bonchev–Trinajstić information content (AvgIpc) is 2.77. The molecule has 17 heavy (non-hydrogen) atoms. The van der Waals surface area contributed by atoms with Crippen molar-refractivity contribution in [2.75, 3.05) is 5.32 Å². The third kappa shape index (κ3) is 3.28. The smallest absolute Gasteiger partial charge is 0.249 e. The Balaban J connectivity index is 1.97. The normalized spacial score (nSPS) is 10.2. The molecule has 0 aliphatic heterocycles. The Labute approximate surface area is 111 Å². The van der Waals surface area contributed by atoms with Gasteiger partial charge in [0, 0.05) is 16.8 Å². The fraction of sp³-hybridized carbons (Fsp3) is 0.0909. The zero-order chi connectivity index (χ0) is 12.3. The minimum atomic E-state index is -0.391. The van der Waals surface area contributed by atoms with Crippen molar-refractivity contribution in [1.29, 1.82) is 0 Å². The highest BCUT2D eigenvalue weighted by molar-refractivity contribution is 9.10. The molecule has 0 aliphatic rings. The summed E-state index contributed by atoms with van der Waals surface area (Å²) in [5.74, 6) is -0.391. The van der Waals surface area contributed by atoms with Crippen LogP contribution in [0.15, 0.2) is 34.4 Å². The van der Waals surface area contributed by atoms with Crippen molar-refractivity contribution in [2.24, 2.45) is 5.73 Å². The monoisotopic (exact) mass is 311 g/mol. The van der Waals surface area contributed by atoms with E-state index in [0.29, 0.717) is 12.1 Å². The van der Waals surface area contributed by atoms with Crippen molar-refractivity contribution in [3.63, 3.8) is 0 Å². The summed E-state index contributed by atoms with van der Waals surface area (Å²) in [4.78, 5) is 16.1. The summed E-state index contributed by atoms with van der Waals surface area (Å²) in [5, 5.41) is 4.98. The van der Waals surface area contributed by atoms with E-state index in [-0.39, 0.29) is 0 Å². The third-order valence-corrected chi connectivity index (χ3v) is 3.54. The molecule has 0 unspecified atom stereocenters. The molecule has 6 heteroatoms. The predicted octanol–water partition coefficient (Wildman–Crippen LogP) is 2.62. The van der Waals surface area contributed by atoms with E-state index in [4.69, 9.17) is 5.73 Å². The Hall–Kier alpha value is -1.40. The number of pyridine rings is 1. The molecule has 2 aromatic heterocycles. The number of amides is 1. The van der Waals surface area contributed by atoms with Crippen LogP contribution in [0, 0.1) is 0 Å². The van der Waals surface area contributed by atoms with Crippen molar-refractivity contribution >= 4 is 38.9 Å². The van der Waals surface area contributed by atoms with Gasteiger partial charge in [-0.25, -0.2) is 4.98 Å². The lowest BCUT2D eigenvalue weighted by atomic mass is 10.3. The molecule has 0 aromatic carbocycles. The van der Waals surface area contributed by atoms with Crippen LogP contribution in [-0.4, -0.2) is 10.9 Å². The van der Waals surface area contributed by atoms with Gasteiger partial charge in [-0.15, -0.1) is 11.3 Å². The van der Waals surface area contributed by atoms with Gasteiger partial charge in [-0.3, -0.25) is 4.79 Å². The van der Waals surface area contributed by atoms with Crippen LogP contribution in [0.2, 0.25) is 0 Å². The molecule has 4 nitrogen and oxygen atoms in total. The lowest BCUT2D eigenvalue weighted by Crippen LogP contribution is -2.09. The van der Waals surface area contributed by atoms with E-state index < -0.39 is 5.91 Å². The first-order chi connectivity index (χ1) is 8.15. The Morgan fingerprint density at radius 2 is 2.35 bits per heavy atom. The van der Waals surface area contributed by atoms with Crippen molar-refractivity contribution in [3.8, 4) is 0 Å². The second-order valence-corrected chi connectivity index (χ2v) is 5.20. The van der Waals surface area contributed by atoms with Crippen LogP contribution in [0.3, 0.4) is 0 Å². The van der Waals surface area contributed by atoms with Crippen LogP contribution in [-0.2, 0) is 6.54 Å². The van der Waals surface area contributed by atoms with E-state index in [1.165, 1.54) is 11.3 Å². The van der Waals surface area contributed by atoms with Gasteiger partial charge in [0.1, 0.15) is 4.60 Å². The Morgan fingerprint density at radius 1 is 1.53 bits per heavy atom. The molecule has 0 saturated heterocycles. The van der Waals surface area contributed by atoms with Gasteiger partial charge >= 0.3 is 0 Å². The fourth-order valence-corrected chi connectivity index (χ4v) is 2.32. The van der Waals surface area contributed by atoms with Gasteiger partial charge in [-0.05, 0) is 34.1 Å². The number of nitrogens with one attached hydrogen (secondary N) is 1. The van der Waals surface area contributed by atoms with Gasteiger partial charge in [0.25, 0.3) is 0 Å². The summed E-state index contributed by atoms with van der Waals surface area (Å²) in [6.45, 7) is 0.654. The quantitative estimate of drug-likeness (QED) is 0.853. The second-order valence-electron chi connectivity index (χ2n) is 3.39. The van der Waals surface area contributed by atoms with E-state index in [1.54, 1.807) is 17.6 Å². The minimum Gasteiger partial charge on any atom is -0.379 e. The molecule has 2 aromatic rings. The van der Waals surface area contributed by atoms with Crippen molar-refractivity contribution in [2.45, 2.75) is 6.54 Å². The van der Waals surface area contributed by atoms with E-state index in [1.807, 2.05) is 12.1 Å². The number of hydrogen-bond donors (Lipinski definition) is 2. The van der Waals surface area contributed by atoms with Crippen LogP contribution < -0.4 is 11.1 Å². The lowest BCUT2D eigenvalue weighted by molar-refractivity contribution is 0.100. The minimum absolute atomic E-state index is 0.391. The van der Waals surface area contributed by atoms with Crippen molar-refractivity contribution < 1.29 is 4.79 Å². The number of carbonyl (C=O) groups is 1. The average molecular weight is 312 g/mol. The molecule has 0 bridgehead atoms. The first-order valence-corrected chi connectivity index (χ1v) is 6.55. The molecule has 2 heterocycles. The first-order valence-electron chi connectivity index (χ1n) is 4.88. The molecule has 0 fully saturated rings. The maximum Gasteiger partial charge on any atom is 0.249 e. The Kier molecular flexibility index (Phi) is 3.75. The van der Waals surface area contributed by atoms with Crippen LogP contribution in [0.4, 0.5) is 5.69 Å². The number of anilines is 1. The van der Waals surface area contributed by atoms with Gasteiger partial charge in [0.2, 0.25) is 5.91 Å². The molecular formula is C11H10BrN3OS. The van der Waals surface area contributed by atoms with E-state index in [0.717, 1.165) is 15.2 Å². The van der Waals surface area contributed by atoms with Crippen LogP contribution in [0.5, 0.6) is 0 Å². The second kappa shape index (κ2) is 5.29. The Morgan fingerprint density at radius 3 is 2.94 bits per heavy atom. The van der Waals surface area contributed by atoms with Gasteiger partial charge in [0.15, 0.2) is 0 Å². The molecule has 0 atom stereocenters. The Bertz CT molecular complexity index is 524. The number of aromatic nitrogens is 1. The largest absolute Gasteiger partial charge is 0.379 e. The molecule has 1 amide bonds. The summed E-state index contributed by atoms with van der Waals surface area (Å²) in [7, 11) is 0. The maximum atomic E-state index is 10.9. The van der Waals surface area contributed by atoms with Crippen molar-refractivity contribution in [1.82, 2.24) is 4.98 Å². The topological polar surface area (TPSA) is 68.0 Å². The van der Waals surface area contributed by atoms with Crippen molar-refractivity contribution in [3.05, 3.63) is 44.8 Å². The summed E-state index contributed by atoms with van der Waals surface area (Å²) in [6.07, 6.45) is 1.74. The number of hydrogen-bond acceptors (Lipinski definition) is 4. The van der Waals surface area contributed by atoms with Gasteiger partial charge in [-0.1, -0.05) is 0 Å². The van der Waals surface area contributed by atoms with Crippen LogP contribution in [0.25, 0.3) is 0 Å². The van der Waals surface area contributed by atoms with Gasteiger partial charge in [0.05, 0.1) is 17.4 Å². The number of thiophene rings is 1. The highest BCUT2D eigenvalue weighted by Gasteiger charge is 2.04. The molecule has 2 rings (SSSR count). The molecule has 3 N–H and O–H groups in total. The standard InChI is InChI=1S/C11H10BrN3OS/c12-10-2-1-8(4-15-10)14-5-9-3-7(6-17-9)11(13)16/h1-4,6,14H,5H2,(H2,13,16). The fourth-order valence-electron chi connectivity index (χ4n) is 1.27.